The molecule has 1 aliphatic heterocycles. The third-order valence-corrected chi connectivity index (χ3v) is 5.39. The van der Waals surface area contributed by atoms with Crippen LogP contribution in [0.3, 0.4) is 0 Å². The summed E-state index contributed by atoms with van der Waals surface area (Å²) in [6, 6.07) is 12.4. The Morgan fingerprint density at radius 3 is 2.73 bits per heavy atom. The van der Waals surface area contributed by atoms with E-state index < -0.39 is 0 Å². The Morgan fingerprint density at radius 1 is 1.03 bits per heavy atom. The molecule has 0 amide bonds. The molecule has 2 aliphatic rings. The molecule has 0 spiro atoms. The fourth-order valence-electron chi connectivity index (χ4n) is 3.75. The van der Waals surface area contributed by atoms with Crippen molar-refractivity contribution in [1.29, 1.82) is 0 Å². The lowest BCUT2D eigenvalue weighted by Gasteiger charge is -2.12. The Bertz CT molecular complexity index is 1410. The van der Waals surface area contributed by atoms with E-state index in [0.717, 1.165) is 18.4 Å². The number of rotatable bonds is 4. The number of para-hydroxylation sites is 1. The summed E-state index contributed by atoms with van der Waals surface area (Å²) >= 11 is 0. The van der Waals surface area contributed by atoms with Crippen LogP contribution in [0.25, 0.3) is 22.3 Å². The van der Waals surface area contributed by atoms with Crippen LogP contribution in [0.4, 0.5) is 0 Å². The first-order valence-electron chi connectivity index (χ1n) is 9.66. The third kappa shape index (κ3) is 2.62. The van der Waals surface area contributed by atoms with Crippen molar-refractivity contribution in [2.75, 3.05) is 6.79 Å². The van der Waals surface area contributed by atoms with Crippen molar-refractivity contribution in [3.05, 3.63) is 69.2 Å². The van der Waals surface area contributed by atoms with Gasteiger partial charge in [-0.1, -0.05) is 17.3 Å². The lowest BCUT2D eigenvalue weighted by molar-refractivity contribution is 0.174. The molecule has 0 bridgehead atoms. The standard InChI is InChI=1S/C21H16N4O5/c26-20-14-3-1-2-4-15(14)24(21(27)25(20)13-6-7-13)10-18-22-19(23-30-18)12-5-8-16-17(9-12)29-11-28-16/h1-5,8-9,13H,6-7,10-11H2. The molecule has 0 unspecified atom stereocenters. The molecule has 150 valence electrons. The van der Waals surface area contributed by atoms with Crippen LogP contribution in [0.5, 0.6) is 11.5 Å². The van der Waals surface area contributed by atoms with Crippen LogP contribution in [0.2, 0.25) is 0 Å². The molecule has 2 aromatic carbocycles. The summed E-state index contributed by atoms with van der Waals surface area (Å²) in [5.41, 5.74) is 0.659. The first kappa shape index (κ1) is 17.0. The lowest BCUT2D eigenvalue weighted by atomic mass is 10.2. The van der Waals surface area contributed by atoms with Crippen molar-refractivity contribution in [2.24, 2.45) is 0 Å². The average Bonchev–Trinajstić information content (AvgIpc) is 3.29. The van der Waals surface area contributed by atoms with Crippen LogP contribution in [0.15, 0.2) is 56.6 Å². The third-order valence-electron chi connectivity index (χ3n) is 5.39. The summed E-state index contributed by atoms with van der Waals surface area (Å²) in [5, 5.41) is 4.54. The van der Waals surface area contributed by atoms with E-state index in [1.807, 2.05) is 6.07 Å². The van der Waals surface area contributed by atoms with Gasteiger partial charge in [0.05, 0.1) is 10.9 Å². The van der Waals surface area contributed by atoms with Gasteiger partial charge < -0.3 is 14.0 Å². The van der Waals surface area contributed by atoms with Crippen LogP contribution in [-0.2, 0) is 6.54 Å². The van der Waals surface area contributed by atoms with E-state index in [9.17, 15) is 9.59 Å². The minimum atomic E-state index is -0.357. The maximum atomic E-state index is 13.1. The zero-order valence-corrected chi connectivity index (χ0v) is 15.8. The minimum Gasteiger partial charge on any atom is -0.454 e. The van der Waals surface area contributed by atoms with Crippen LogP contribution in [0.1, 0.15) is 24.8 Å². The molecule has 9 heteroatoms. The van der Waals surface area contributed by atoms with Gasteiger partial charge in [-0.15, -0.1) is 0 Å². The van der Waals surface area contributed by atoms with E-state index in [0.29, 0.717) is 28.2 Å². The molecule has 0 N–H and O–H groups in total. The second-order valence-electron chi connectivity index (χ2n) is 7.37. The summed E-state index contributed by atoms with van der Waals surface area (Å²) in [6.07, 6.45) is 1.67. The van der Waals surface area contributed by atoms with E-state index in [1.165, 1.54) is 9.13 Å². The normalized spacial score (nSPS) is 15.1. The number of hydrogen-bond donors (Lipinski definition) is 0. The van der Waals surface area contributed by atoms with Crippen molar-refractivity contribution in [3.8, 4) is 22.9 Å². The number of benzene rings is 2. The highest BCUT2D eigenvalue weighted by molar-refractivity contribution is 5.78. The fourth-order valence-corrected chi connectivity index (χ4v) is 3.75. The second kappa shape index (κ2) is 6.31. The van der Waals surface area contributed by atoms with Gasteiger partial charge in [0.25, 0.3) is 5.56 Å². The largest absolute Gasteiger partial charge is 0.454 e. The molecule has 1 saturated carbocycles. The Labute approximate surface area is 169 Å². The van der Waals surface area contributed by atoms with E-state index in [-0.39, 0.29) is 36.5 Å². The van der Waals surface area contributed by atoms with Crippen molar-refractivity contribution in [1.82, 2.24) is 19.3 Å². The van der Waals surface area contributed by atoms with Gasteiger partial charge in [0.1, 0.15) is 6.54 Å². The minimum absolute atomic E-state index is 0.0345. The van der Waals surface area contributed by atoms with Gasteiger partial charge in [0, 0.05) is 11.6 Å². The molecule has 6 rings (SSSR count). The lowest BCUT2D eigenvalue weighted by Crippen LogP contribution is -2.39. The molecule has 1 fully saturated rings. The first-order chi connectivity index (χ1) is 14.7. The van der Waals surface area contributed by atoms with Crippen molar-refractivity contribution >= 4 is 10.9 Å². The number of ether oxygens (including phenoxy) is 2. The van der Waals surface area contributed by atoms with E-state index in [4.69, 9.17) is 14.0 Å². The van der Waals surface area contributed by atoms with Crippen LogP contribution < -0.4 is 20.7 Å². The van der Waals surface area contributed by atoms with Gasteiger partial charge in [-0.3, -0.25) is 13.9 Å². The quantitative estimate of drug-likeness (QED) is 0.514. The monoisotopic (exact) mass is 404 g/mol. The Morgan fingerprint density at radius 2 is 1.87 bits per heavy atom. The molecule has 0 atom stereocenters. The summed E-state index contributed by atoms with van der Waals surface area (Å²) in [5.74, 6) is 1.95. The van der Waals surface area contributed by atoms with Gasteiger partial charge in [-0.05, 0) is 43.2 Å². The summed E-state index contributed by atoms with van der Waals surface area (Å²) in [6.45, 7) is 0.257. The molecular weight excluding hydrogens is 388 g/mol. The molecule has 30 heavy (non-hydrogen) atoms. The Balaban J connectivity index is 1.42. The van der Waals surface area contributed by atoms with Crippen molar-refractivity contribution in [2.45, 2.75) is 25.4 Å². The molecule has 3 heterocycles. The summed E-state index contributed by atoms with van der Waals surface area (Å²) in [7, 11) is 0. The summed E-state index contributed by atoms with van der Waals surface area (Å²) in [4.78, 5) is 30.3. The molecule has 1 aliphatic carbocycles. The molecular formula is C21H16N4O5. The number of hydrogen-bond acceptors (Lipinski definition) is 7. The van der Waals surface area contributed by atoms with Gasteiger partial charge in [-0.2, -0.15) is 4.98 Å². The van der Waals surface area contributed by atoms with Crippen LogP contribution in [-0.4, -0.2) is 26.1 Å². The molecule has 0 radical (unpaired) electrons. The van der Waals surface area contributed by atoms with Gasteiger partial charge >= 0.3 is 5.69 Å². The highest BCUT2D eigenvalue weighted by Crippen LogP contribution is 2.35. The highest BCUT2D eigenvalue weighted by atomic mass is 16.7. The maximum absolute atomic E-state index is 13.1. The molecule has 4 aromatic rings. The molecule has 0 saturated heterocycles. The van der Waals surface area contributed by atoms with E-state index in [2.05, 4.69) is 10.1 Å². The van der Waals surface area contributed by atoms with Gasteiger partial charge in [0.15, 0.2) is 11.5 Å². The van der Waals surface area contributed by atoms with Crippen LogP contribution >= 0.6 is 0 Å². The van der Waals surface area contributed by atoms with Gasteiger partial charge in [-0.25, -0.2) is 4.79 Å². The van der Waals surface area contributed by atoms with E-state index in [1.54, 1.807) is 36.4 Å². The number of fused-ring (bicyclic) bond motifs is 2. The van der Waals surface area contributed by atoms with Crippen molar-refractivity contribution in [3.63, 3.8) is 0 Å². The first-order valence-corrected chi connectivity index (χ1v) is 9.66. The maximum Gasteiger partial charge on any atom is 0.332 e. The smallest absolute Gasteiger partial charge is 0.332 e. The van der Waals surface area contributed by atoms with Gasteiger partial charge in [0.2, 0.25) is 18.5 Å². The zero-order valence-electron chi connectivity index (χ0n) is 15.8. The second-order valence-corrected chi connectivity index (χ2v) is 7.37. The SMILES string of the molecule is O=c1c2ccccc2n(Cc2nc(-c3ccc4c(c3)OCO4)no2)c(=O)n1C1CC1. The zero-order chi connectivity index (χ0) is 20.2. The average molecular weight is 404 g/mol. The van der Waals surface area contributed by atoms with Crippen molar-refractivity contribution < 1.29 is 14.0 Å². The number of nitrogens with zero attached hydrogens (tertiary/aromatic N) is 4. The predicted octanol–water partition coefficient (Wildman–Crippen LogP) is 2.33. The fraction of sp³-hybridized carbons (Fsp3) is 0.238. The predicted molar refractivity (Wildman–Crippen MR) is 106 cm³/mol. The molecule has 2 aromatic heterocycles. The Kier molecular flexibility index (Phi) is 3.58. The molecule has 9 nitrogen and oxygen atoms in total. The number of aromatic nitrogens is 4. The van der Waals surface area contributed by atoms with Crippen LogP contribution in [0, 0.1) is 0 Å². The Hall–Kier alpha value is -3.88. The summed E-state index contributed by atoms with van der Waals surface area (Å²) < 4.78 is 19.0. The highest BCUT2D eigenvalue weighted by Gasteiger charge is 2.29. The van der Waals surface area contributed by atoms with E-state index >= 15 is 0 Å². The topological polar surface area (TPSA) is 101 Å².